The summed E-state index contributed by atoms with van der Waals surface area (Å²) in [5.74, 6) is 0.838. The number of rotatable bonds is 4. The van der Waals surface area contributed by atoms with Crippen LogP contribution in [0.5, 0.6) is 17.2 Å². The molecule has 0 spiro atoms. The highest BCUT2D eigenvalue weighted by Gasteiger charge is 2.09. The molecule has 0 saturated heterocycles. The van der Waals surface area contributed by atoms with E-state index in [9.17, 15) is 10.2 Å². The van der Waals surface area contributed by atoms with E-state index >= 15 is 0 Å². The Morgan fingerprint density at radius 2 is 1.95 bits per heavy atom. The molecule has 0 saturated carbocycles. The summed E-state index contributed by atoms with van der Waals surface area (Å²) in [5.41, 5.74) is 2.62. The Balaban J connectivity index is 2.22. The smallest absolute Gasteiger partial charge is 0.143 e. The van der Waals surface area contributed by atoms with E-state index in [1.165, 1.54) is 6.07 Å². The van der Waals surface area contributed by atoms with Gasteiger partial charge in [-0.15, -0.1) is 0 Å². The van der Waals surface area contributed by atoms with Crippen LogP contribution in [-0.4, -0.2) is 17.3 Å². The van der Waals surface area contributed by atoms with E-state index in [2.05, 4.69) is 21.2 Å². The highest BCUT2D eigenvalue weighted by atomic mass is 79.9. The van der Waals surface area contributed by atoms with E-state index < -0.39 is 0 Å². The van der Waals surface area contributed by atoms with E-state index in [4.69, 9.17) is 4.74 Å². The lowest BCUT2D eigenvalue weighted by molar-refractivity contribution is 0.415. The number of aryl methyl sites for hydroxylation is 1. The molecule has 5 heteroatoms. The van der Waals surface area contributed by atoms with Crippen molar-refractivity contribution in [3.8, 4) is 17.2 Å². The Kier molecular flexibility index (Phi) is 4.39. The molecule has 0 aliphatic carbocycles. The highest BCUT2D eigenvalue weighted by Crippen LogP contribution is 2.33. The van der Waals surface area contributed by atoms with Gasteiger partial charge in [0.25, 0.3) is 0 Å². The van der Waals surface area contributed by atoms with Crippen LogP contribution in [0.4, 0.5) is 5.69 Å². The average molecular weight is 338 g/mol. The van der Waals surface area contributed by atoms with E-state index in [1.807, 2.05) is 19.1 Å². The zero-order valence-electron chi connectivity index (χ0n) is 11.3. The van der Waals surface area contributed by atoms with Crippen LogP contribution in [-0.2, 0) is 6.54 Å². The number of aromatic hydroxyl groups is 2. The standard InChI is InChI=1S/C15H16BrNO3/c1-9-5-11(16)6-14(20-2)15(9)17-8-10-3-4-12(18)7-13(10)19/h3-7,17-19H,8H2,1-2H3. The fraction of sp³-hybridized carbons (Fsp3) is 0.200. The van der Waals surface area contributed by atoms with Gasteiger partial charge in [0, 0.05) is 22.6 Å². The van der Waals surface area contributed by atoms with E-state index in [1.54, 1.807) is 19.2 Å². The number of nitrogens with one attached hydrogen (secondary N) is 1. The van der Waals surface area contributed by atoms with Gasteiger partial charge in [0.15, 0.2) is 0 Å². The van der Waals surface area contributed by atoms with Crippen molar-refractivity contribution in [3.05, 3.63) is 45.9 Å². The first kappa shape index (κ1) is 14.5. The van der Waals surface area contributed by atoms with Crippen LogP contribution in [0.3, 0.4) is 0 Å². The molecule has 0 aliphatic heterocycles. The average Bonchev–Trinajstić information content (AvgIpc) is 2.38. The van der Waals surface area contributed by atoms with Crippen LogP contribution in [0.1, 0.15) is 11.1 Å². The lowest BCUT2D eigenvalue weighted by Crippen LogP contribution is -2.03. The Labute approximate surface area is 126 Å². The maximum absolute atomic E-state index is 9.77. The summed E-state index contributed by atoms with van der Waals surface area (Å²) in [4.78, 5) is 0. The normalized spacial score (nSPS) is 10.3. The largest absolute Gasteiger partial charge is 0.508 e. The molecule has 4 nitrogen and oxygen atoms in total. The van der Waals surface area contributed by atoms with Crippen molar-refractivity contribution in [1.29, 1.82) is 0 Å². The third kappa shape index (κ3) is 3.17. The third-order valence-electron chi connectivity index (χ3n) is 3.01. The lowest BCUT2D eigenvalue weighted by atomic mass is 10.1. The predicted molar refractivity (Wildman–Crippen MR) is 82.5 cm³/mol. The van der Waals surface area contributed by atoms with Crippen LogP contribution in [0.2, 0.25) is 0 Å². The van der Waals surface area contributed by atoms with Gasteiger partial charge >= 0.3 is 0 Å². The fourth-order valence-electron chi connectivity index (χ4n) is 1.99. The summed E-state index contributed by atoms with van der Waals surface area (Å²) in [6.07, 6.45) is 0. The van der Waals surface area contributed by atoms with Gasteiger partial charge in [-0.1, -0.05) is 15.9 Å². The molecule has 0 amide bonds. The number of phenols is 2. The number of hydrogen-bond donors (Lipinski definition) is 3. The minimum Gasteiger partial charge on any atom is -0.508 e. The molecule has 106 valence electrons. The number of hydrogen-bond acceptors (Lipinski definition) is 4. The molecule has 0 fully saturated rings. The van der Waals surface area contributed by atoms with Crippen molar-refractivity contribution < 1.29 is 14.9 Å². The Hall–Kier alpha value is -1.88. The quantitative estimate of drug-likeness (QED) is 0.794. The fourth-order valence-corrected chi connectivity index (χ4v) is 2.54. The zero-order chi connectivity index (χ0) is 14.7. The zero-order valence-corrected chi connectivity index (χ0v) is 12.9. The molecule has 2 rings (SSSR count). The van der Waals surface area contributed by atoms with Crippen LogP contribution < -0.4 is 10.1 Å². The molecular formula is C15H16BrNO3. The molecule has 0 unspecified atom stereocenters. The second-order valence-corrected chi connectivity index (χ2v) is 5.38. The van der Waals surface area contributed by atoms with Gasteiger partial charge in [-0.05, 0) is 36.8 Å². The monoisotopic (exact) mass is 337 g/mol. The number of halogens is 1. The summed E-state index contributed by atoms with van der Waals surface area (Å²) in [5, 5.41) is 22.3. The van der Waals surface area contributed by atoms with Gasteiger partial charge in [0.05, 0.1) is 12.8 Å². The number of phenolic OH excluding ortho intramolecular Hbond substituents is 2. The number of methoxy groups -OCH3 is 1. The van der Waals surface area contributed by atoms with Crippen molar-refractivity contribution in [1.82, 2.24) is 0 Å². The van der Waals surface area contributed by atoms with Gasteiger partial charge in [0.2, 0.25) is 0 Å². The molecule has 0 atom stereocenters. The van der Waals surface area contributed by atoms with E-state index in [0.717, 1.165) is 21.5 Å². The molecule has 0 radical (unpaired) electrons. The van der Waals surface area contributed by atoms with Gasteiger partial charge < -0.3 is 20.3 Å². The van der Waals surface area contributed by atoms with Crippen LogP contribution in [0, 0.1) is 6.92 Å². The van der Waals surface area contributed by atoms with Crippen molar-refractivity contribution in [2.24, 2.45) is 0 Å². The molecule has 0 heterocycles. The molecule has 20 heavy (non-hydrogen) atoms. The lowest BCUT2D eigenvalue weighted by Gasteiger charge is -2.15. The van der Waals surface area contributed by atoms with Gasteiger partial charge in [-0.25, -0.2) is 0 Å². The van der Waals surface area contributed by atoms with Crippen molar-refractivity contribution in [2.75, 3.05) is 12.4 Å². The summed E-state index contributed by atoms with van der Waals surface area (Å²) in [6.45, 7) is 2.41. The predicted octanol–water partition coefficient (Wildman–Crippen LogP) is 3.79. The molecule has 2 aromatic rings. The minimum absolute atomic E-state index is 0.0450. The second-order valence-electron chi connectivity index (χ2n) is 4.47. The van der Waals surface area contributed by atoms with E-state index in [-0.39, 0.29) is 11.5 Å². The van der Waals surface area contributed by atoms with Crippen molar-refractivity contribution in [2.45, 2.75) is 13.5 Å². The summed E-state index contributed by atoms with van der Waals surface area (Å²) < 4.78 is 6.30. The SMILES string of the molecule is COc1cc(Br)cc(C)c1NCc1ccc(O)cc1O. The summed E-state index contributed by atoms with van der Waals surface area (Å²) in [7, 11) is 1.62. The number of benzene rings is 2. The third-order valence-corrected chi connectivity index (χ3v) is 3.47. The number of ether oxygens (including phenoxy) is 1. The number of anilines is 1. The van der Waals surface area contributed by atoms with Crippen LogP contribution in [0.25, 0.3) is 0 Å². The molecule has 0 aromatic heterocycles. The topological polar surface area (TPSA) is 61.7 Å². The molecular weight excluding hydrogens is 322 g/mol. The van der Waals surface area contributed by atoms with Gasteiger partial charge in [-0.2, -0.15) is 0 Å². The summed E-state index contributed by atoms with van der Waals surface area (Å²) >= 11 is 3.43. The first-order chi connectivity index (χ1) is 9.51. The van der Waals surface area contributed by atoms with E-state index in [0.29, 0.717) is 12.1 Å². The highest BCUT2D eigenvalue weighted by molar-refractivity contribution is 9.10. The summed E-state index contributed by atoms with van der Waals surface area (Å²) in [6, 6.07) is 8.41. The molecule has 2 aromatic carbocycles. The first-order valence-electron chi connectivity index (χ1n) is 6.10. The van der Waals surface area contributed by atoms with Crippen LogP contribution >= 0.6 is 15.9 Å². The minimum atomic E-state index is 0.0450. The second kappa shape index (κ2) is 6.05. The van der Waals surface area contributed by atoms with Gasteiger partial charge in [0.1, 0.15) is 17.2 Å². The Morgan fingerprint density at radius 3 is 2.60 bits per heavy atom. The van der Waals surface area contributed by atoms with Crippen LogP contribution in [0.15, 0.2) is 34.8 Å². The molecule has 3 N–H and O–H groups in total. The van der Waals surface area contributed by atoms with Crippen molar-refractivity contribution >= 4 is 21.6 Å². The van der Waals surface area contributed by atoms with Gasteiger partial charge in [-0.3, -0.25) is 0 Å². The Bertz CT molecular complexity index is 629. The molecule has 0 bridgehead atoms. The first-order valence-corrected chi connectivity index (χ1v) is 6.89. The maximum atomic E-state index is 9.77. The molecule has 0 aliphatic rings. The maximum Gasteiger partial charge on any atom is 0.143 e. The Morgan fingerprint density at radius 1 is 1.20 bits per heavy atom. The van der Waals surface area contributed by atoms with Crippen molar-refractivity contribution in [3.63, 3.8) is 0 Å².